The molecule has 0 atom stereocenters. The van der Waals surface area contributed by atoms with Crippen molar-refractivity contribution in [2.24, 2.45) is 0 Å². The van der Waals surface area contributed by atoms with Crippen molar-refractivity contribution in [2.75, 3.05) is 5.32 Å². The minimum atomic E-state index is 0.583. The topological polar surface area (TPSA) is 53.6 Å². The van der Waals surface area contributed by atoms with Crippen LogP contribution in [0, 0.1) is 6.92 Å². The largest absolute Gasteiger partial charge is 0.379 e. The molecule has 0 saturated heterocycles. The fourth-order valence-corrected chi connectivity index (χ4v) is 2.27. The zero-order chi connectivity index (χ0) is 14.7. The molecule has 0 aliphatic heterocycles. The molecule has 0 radical (unpaired) electrons. The lowest BCUT2D eigenvalue weighted by Gasteiger charge is -2.07. The third-order valence-corrected chi connectivity index (χ3v) is 3.71. The summed E-state index contributed by atoms with van der Waals surface area (Å²) in [6.07, 6.45) is 0. The zero-order valence-electron chi connectivity index (χ0n) is 11.6. The van der Waals surface area contributed by atoms with Gasteiger partial charge in [-0.2, -0.15) is 15.4 Å². The van der Waals surface area contributed by atoms with Crippen molar-refractivity contribution in [2.45, 2.75) is 13.5 Å². The fourth-order valence-electron chi connectivity index (χ4n) is 2.09. The maximum atomic E-state index is 6.13. The van der Waals surface area contributed by atoms with Crippen LogP contribution in [-0.4, -0.2) is 15.4 Å². The maximum Gasteiger partial charge on any atom is 0.117 e. The molecular weight excluding hydrogens is 284 g/mol. The van der Waals surface area contributed by atoms with Crippen LogP contribution in [0.1, 0.15) is 11.3 Å². The number of aromatic nitrogens is 3. The predicted molar refractivity (Wildman–Crippen MR) is 85.3 cm³/mol. The van der Waals surface area contributed by atoms with Gasteiger partial charge in [0.15, 0.2) is 0 Å². The number of aryl methyl sites for hydroxylation is 1. The van der Waals surface area contributed by atoms with Gasteiger partial charge >= 0.3 is 0 Å². The van der Waals surface area contributed by atoms with Crippen LogP contribution in [0.5, 0.6) is 0 Å². The molecule has 2 aromatic carbocycles. The highest BCUT2D eigenvalue weighted by molar-refractivity contribution is 6.31. The quantitative estimate of drug-likeness (QED) is 0.764. The summed E-state index contributed by atoms with van der Waals surface area (Å²) >= 11 is 6.13. The number of halogens is 1. The second kappa shape index (κ2) is 5.97. The van der Waals surface area contributed by atoms with E-state index in [1.807, 2.05) is 55.5 Å². The molecule has 0 aliphatic rings. The highest BCUT2D eigenvalue weighted by atomic mass is 35.5. The molecule has 0 amide bonds. The average Bonchev–Trinajstić information content (AvgIpc) is 2.98. The summed E-state index contributed by atoms with van der Waals surface area (Å²) in [6, 6.07) is 15.9. The van der Waals surface area contributed by atoms with Crippen LogP contribution in [-0.2, 0) is 6.54 Å². The highest BCUT2D eigenvalue weighted by Gasteiger charge is 2.09. The first-order valence-electron chi connectivity index (χ1n) is 6.69. The molecule has 106 valence electrons. The van der Waals surface area contributed by atoms with Gasteiger partial charge in [0.1, 0.15) is 11.4 Å². The van der Waals surface area contributed by atoms with Gasteiger partial charge in [0.2, 0.25) is 0 Å². The van der Waals surface area contributed by atoms with Crippen LogP contribution in [0.15, 0.2) is 48.5 Å². The summed E-state index contributed by atoms with van der Waals surface area (Å²) in [5, 5.41) is 15.2. The number of hydrogen-bond acceptors (Lipinski definition) is 3. The molecule has 0 spiro atoms. The van der Waals surface area contributed by atoms with Gasteiger partial charge in [-0.3, -0.25) is 0 Å². The van der Waals surface area contributed by atoms with Crippen molar-refractivity contribution in [3.8, 4) is 11.3 Å². The predicted octanol–water partition coefficient (Wildman–Crippen LogP) is 4.05. The Morgan fingerprint density at radius 2 is 1.90 bits per heavy atom. The van der Waals surface area contributed by atoms with Crippen LogP contribution in [0.2, 0.25) is 5.02 Å². The Morgan fingerprint density at radius 3 is 2.67 bits per heavy atom. The van der Waals surface area contributed by atoms with Gasteiger partial charge in [-0.05, 0) is 24.6 Å². The molecule has 4 nitrogen and oxygen atoms in total. The monoisotopic (exact) mass is 298 g/mol. The van der Waals surface area contributed by atoms with E-state index in [0.717, 1.165) is 33.2 Å². The van der Waals surface area contributed by atoms with E-state index in [1.165, 1.54) is 0 Å². The summed E-state index contributed by atoms with van der Waals surface area (Å²) in [5.74, 6) is 0. The maximum absolute atomic E-state index is 6.13. The first-order valence-corrected chi connectivity index (χ1v) is 7.07. The van der Waals surface area contributed by atoms with E-state index in [-0.39, 0.29) is 0 Å². The van der Waals surface area contributed by atoms with Crippen molar-refractivity contribution in [1.29, 1.82) is 0 Å². The Morgan fingerprint density at radius 1 is 1.10 bits per heavy atom. The Hall–Kier alpha value is -2.33. The van der Waals surface area contributed by atoms with Gasteiger partial charge in [0, 0.05) is 16.3 Å². The number of benzene rings is 2. The summed E-state index contributed by atoms with van der Waals surface area (Å²) in [4.78, 5) is 0. The number of anilines is 1. The third-order valence-electron chi connectivity index (χ3n) is 3.30. The van der Waals surface area contributed by atoms with Gasteiger partial charge in [-0.15, -0.1) is 0 Å². The number of rotatable bonds is 4. The number of aromatic amines is 1. The number of nitrogens with zero attached hydrogens (tertiary/aromatic N) is 2. The van der Waals surface area contributed by atoms with E-state index in [1.54, 1.807) is 0 Å². The molecule has 0 saturated carbocycles. The average molecular weight is 299 g/mol. The molecule has 5 heteroatoms. The summed E-state index contributed by atoms with van der Waals surface area (Å²) in [6.45, 7) is 2.57. The molecule has 21 heavy (non-hydrogen) atoms. The summed E-state index contributed by atoms with van der Waals surface area (Å²) in [5.41, 5.74) is 4.81. The molecule has 3 aromatic rings. The standard InChI is InChI=1S/C16H15ClN4/c1-11-7-8-13(9-14(11)17)18-10-15-16(20-21-19-15)12-5-3-2-4-6-12/h2-9,18H,10H2,1H3,(H,19,20,21). The van der Waals surface area contributed by atoms with Crippen LogP contribution in [0.25, 0.3) is 11.3 Å². The van der Waals surface area contributed by atoms with E-state index in [4.69, 9.17) is 11.6 Å². The second-order valence-electron chi connectivity index (χ2n) is 4.80. The van der Waals surface area contributed by atoms with Gasteiger partial charge in [0.25, 0.3) is 0 Å². The lowest BCUT2D eigenvalue weighted by atomic mass is 10.1. The Bertz CT molecular complexity index is 737. The number of nitrogens with one attached hydrogen (secondary N) is 2. The van der Waals surface area contributed by atoms with Gasteiger partial charge in [-0.1, -0.05) is 48.0 Å². The van der Waals surface area contributed by atoms with Gasteiger partial charge in [-0.25, -0.2) is 0 Å². The van der Waals surface area contributed by atoms with E-state index in [0.29, 0.717) is 6.54 Å². The summed E-state index contributed by atoms with van der Waals surface area (Å²) in [7, 11) is 0. The van der Waals surface area contributed by atoms with Crippen LogP contribution in [0.4, 0.5) is 5.69 Å². The molecule has 0 fully saturated rings. The highest BCUT2D eigenvalue weighted by Crippen LogP contribution is 2.22. The van der Waals surface area contributed by atoms with E-state index >= 15 is 0 Å². The van der Waals surface area contributed by atoms with E-state index < -0.39 is 0 Å². The molecule has 2 N–H and O–H groups in total. The van der Waals surface area contributed by atoms with Crippen molar-refractivity contribution in [1.82, 2.24) is 15.4 Å². The Kier molecular flexibility index (Phi) is 3.88. The molecule has 0 bridgehead atoms. The zero-order valence-corrected chi connectivity index (χ0v) is 12.4. The minimum absolute atomic E-state index is 0.583. The van der Waals surface area contributed by atoms with Crippen LogP contribution < -0.4 is 5.32 Å². The second-order valence-corrected chi connectivity index (χ2v) is 5.21. The fraction of sp³-hybridized carbons (Fsp3) is 0.125. The molecule has 1 heterocycles. The van der Waals surface area contributed by atoms with Gasteiger partial charge < -0.3 is 5.32 Å². The molecular formula is C16H15ClN4. The van der Waals surface area contributed by atoms with Crippen molar-refractivity contribution in [3.63, 3.8) is 0 Å². The van der Waals surface area contributed by atoms with Gasteiger partial charge in [0.05, 0.1) is 6.54 Å². The van der Waals surface area contributed by atoms with E-state index in [2.05, 4.69) is 20.7 Å². The molecule has 0 unspecified atom stereocenters. The SMILES string of the molecule is Cc1ccc(NCc2n[nH]nc2-c2ccccc2)cc1Cl. The normalized spacial score (nSPS) is 10.6. The lowest BCUT2D eigenvalue weighted by Crippen LogP contribution is -2.01. The lowest BCUT2D eigenvalue weighted by molar-refractivity contribution is 0.911. The van der Waals surface area contributed by atoms with Crippen LogP contribution >= 0.6 is 11.6 Å². The molecule has 0 aliphatic carbocycles. The van der Waals surface area contributed by atoms with Crippen molar-refractivity contribution < 1.29 is 0 Å². The smallest absolute Gasteiger partial charge is 0.117 e. The molecule has 3 rings (SSSR count). The first kappa shape index (κ1) is 13.6. The summed E-state index contributed by atoms with van der Waals surface area (Å²) < 4.78 is 0. The Balaban J connectivity index is 1.77. The molecule has 1 aromatic heterocycles. The Labute approximate surface area is 128 Å². The van der Waals surface area contributed by atoms with E-state index in [9.17, 15) is 0 Å². The first-order chi connectivity index (χ1) is 10.2. The number of H-pyrrole nitrogens is 1. The van der Waals surface area contributed by atoms with Crippen molar-refractivity contribution in [3.05, 3.63) is 64.8 Å². The number of hydrogen-bond donors (Lipinski definition) is 2. The van der Waals surface area contributed by atoms with Crippen molar-refractivity contribution >= 4 is 17.3 Å². The van der Waals surface area contributed by atoms with Crippen LogP contribution in [0.3, 0.4) is 0 Å². The minimum Gasteiger partial charge on any atom is -0.379 e. The third kappa shape index (κ3) is 3.06.